The first-order chi connectivity index (χ1) is 11.9. The SMILES string of the molecule is CC1(C)CCOC1Cc1noc(-c2cc3cc(F)ccc3[nH]c2=O)n1. The lowest BCUT2D eigenvalue weighted by Gasteiger charge is -2.23. The monoisotopic (exact) mass is 343 g/mol. The number of fused-ring (bicyclic) bond motifs is 1. The van der Waals surface area contributed by atoms with Gasteiger partial charge in [0.2, 0.25) is 0 Å². The van der Waals surface area contributed by atoms with Crippen molar-refractivity contribution < 1.29 is 13.7 Å². The van der Waals surface area contributed by atoms with Gasteiger partial charge in [-0.2, -0.15) is 4.98 Å². The number of aromatic nitrogens is 3. The number of benzene rings is 1. The second-order valence-corrected chi connectivity index (χ2v) is 7.06. The minimum Gasteiger partial charge on any atom is -0.377 e. The average Bonchev–Trinajstić information content (AvgIpc) is 3.14. The number of nitrogens with one attached hydrogen (secondary N) is 1. The molecule has 1 N–H and O–H groups in total. The molecule has 0 amide bonds. The lowest BCUT2D eigenvalue weighted by molar-refractivity contribution is 0.0624. The lowest BCUT2D eigenvalue weighted by Crippen LogP contribution is -2.27. The number of aromatic amines is 1. The fraction of sp³-hybridized carbons (Fsp3) is 0.389. The quantitative estimate of drug-likeness (QED) is 0.790. The zero-order valence-corrected chi connectivity index (χ0v) is 14.0. The number of halogens is 1. The Balaban J connectivity index is 1.67. The Hall–Kier alpha value is -2.54. The van der Waals surface area contributed by atoms with Crippen molar-refractivity contribution in [3.63, 3.8) is 0 Å². The predicted octanol–water partition coefficient (Wildman–Crippen LogP) is 3.07. The van der Waals surface area contributed by atoms with Gasteiger partial charge < -0.3 is 14.2 Å². The molecule has 2 aromatic heterocycles. The number of pyridine rings is 1. The van der Waals surface area contributed by atoms with E-state index in [9.17, 15) is 9.18 Å². The van der Waals surface area contributed by atoms with Gasteiger partial charge in [-0.3, -0.25) is 4.79 Å². The second-order valence-electron chi connectivity index (χ2n) is 7.06. The summed E-state index contributed by atoms with van der Waals surface area (Å²) in [6.07, 6.45) is 1.52. The Labute approximate surface area is 143 Å². The van der Waals surface area contributed by atoms with E-state index in [-0.39, 0.29) is 34.3 Å². The molecule has 6 nitrogen and oxygen atoms in total. The molecule has 1 unspecified atom stereocenters. The average molecular weight is 343 g/mol. The Bertz CT molecular complexity index is 993. The number of hydrogen-bond acceptors (Lipinski definition) is 5. The summed E-state index contributed by atoms with van der Waals surface area (Å²) in [5.74, 6) is 0.240. The van der Waals surface area contributed by atoms with Crippen LogP contribution in [-0.2, 0) is 11.2 Å². The Kier molecular flexibility index (Phi) is 3.68. The molecule has 7 heteroatoms. The van der Waals surface area contributed by atoms with Crippen LogP contribution in [0.3, 0.4) is 0 Å². The molecule has 3 heterocycles. The molecule has 1 atom stereocenters. The third-order valence-electron chi connectivity index (χ3n) is 4.81. The van der Waals surface area contributed by atoms with E-state index in [1.165, 1.54) is 18.2 Å². The van der Waals surface area contributed by atoms with Crippen molar-refractivity contribution in [2.45, 2.75) is 32.8 Å². The van der Waals surface area contributed by atoms with E-state index in [1.54, 1.807) is 6.07 Å². The van der Waals surface area contributed by atoms with Gasteiger partial charge in [0.1, 0.15) is 11.4 Å². The van der Waals surface area contributed by atoms with E-state index >= 15 is 0 Å². The van der Waals surface area contributed by atoms with Crippen molar-refractivity contribution >= 4 is 10.9 Å². The highest BCUT2D eigenvalue weighted by Gasteiger charge is 2.36. The minimum atomic E-state index is -0.377. The van der Waals surface area contributed by atoms with Crippen LogP contribution in [0.25, 0.3) is 22.4 Å². The fourth-order valence-corrected chi connectivity index (χ4v) is 3.13. The van der Waals surface area contributed by atoms with Crippen LogP contribution in [0.1, 0.15) is 26.1 Å². The molecular formula is C18H18FN3O3. The zero-order chi connectivity index (χ0) is 17.6. The molecule has 4 rings (SSSR count). The molecule has 0 bridgehead atoms. The summed E-state index contributed by atoms with van der Waals surface area (Å²) in [4.78, 5) is 19.3. The summed E-state index contributed by atoms with van der Waals surface area (Å²) in [5, 5.41) is 4.53. The van der Waals surface area contributed by atoms with E-state index in [2.05, 4.69) is 29.0 Å². The van der Waals surface area contributed by atoms with Crippen molar-refractivity contribution in [1.82, 2.24) is 15.1 Å². The molecule has 1 aromatic carbocycles. The molecule has 1 saturated heterocycles. The number of H-pyrrole nitrogens is 1. The summed E-state index contributed by atoms with van der Waals surface area (Å²) in [5.41, 5.74) is 0.477. The van der Waals surface area contributed by atoms with Crippen LogP contribution < -0.4 is 5.56 Å². The van der Waals surface area contributed by atoms with Gasteiger partial charge in [-0.1, -0.05) is 19.0 Å². The van der Waals surface area contributed by atoms with Gasteiger partial charge in [0.15, 0.2) is 5.82 Å². The third-order valence-corrected chi connectivity index (χ3v) is 4.81. The molecule has 1 aliphatic rings. The molecule has 1 aliphatic heterocycles. The van der Waals surface area contributed by atoms with Crippen molar-refractivity contribution in [1.29, 1.82) is 0 Å². The Morgan fingerprint density at radius 1 is 1.36 bits per heavy atom. The van der Waals surface area contributed by atoms with E-state index in [0.29, 0.717) is 23.1 Å². The number of nitrogens with zero attached hydrogens (tertiary/aromatic N) is 2. The first kappa shape index (κ1) is 16.0. The highest BCUT2D eigenvalue weighted by Crippen LogP contribution is 2.35. The second kappa shape index (κ2) is 5.77. The van der Waals surface area contributed by atoms with Crippen LogP contribution in [-0.4, -0.2) is 27.8 Å². The molecule has 0 saturated carbocycles. The van der Waals surface area contributed by atoms with Crippen LogP contribution >= 0.6 is 0 Å². The summed E-state index contributed by atoms with van der Waals surface area (Å²) in [6.45, 7) is 5.01. The van der Waals surface area contributed by atoms with Gasteiger partial charge >= 0.3 is 0 Å². The minimum absolute atomic E-state index is 0.0157. The molecule has 1 fully saturated rings. The standard InChI is InChI=1S/C18H18FN3O3/c1-18(2)5-6-24-14(18)9-15-21-17(25-22-15)12-8-10-7-11(19)3-4-13(10)20-16(12)23/h3-4,7-8,14H,5-6,9H2,1-2H3,(H,20,23). The lowest BCUT2D eigenvalue weighted by atomic mass is 9.84. The number of rotatable bonds is 3. The van der Waals surface area contributed by atoms with Gasteiger partial charge in [-0.15, -0.1) is 0 Å². The smallest absolute Gasteiger partial charge is 0.263 e. The van der Waals surface area contributed by atoms with E-state index in [1.807, 2.05) is 0 Å². The van der Waals surface area contributed by atoms with Crippen molar-refractivity contribution in [3.05, 3.63) is 46.3 Å². The number of ether oxygens (including phenoxy) is 1. The third kappa shape index (κ3) is 2.95. The maximum Gasteiger partial charge on any atom is 0.263 e. The van der Waals surface area contributed by atoms with Crippen LogP contribution in [0.5, 0.6) is 0 Å². The first-order valence-corrected chi connectivity index (χ1v) is 8.19. The topological polar surface area (TPSA) is 81.0 Å². The summed E-state index contributed by atoms with van der Waals surface area (Å²) in [6, 6.07) is 5.73. The van der Waals surface area contributed by atoms with Crippen molar-refractivity contribution in [2.24, 2.45) is 5.41 Å². The summed E-state index contributed by atoms with van der Waals surface area (Å²) >= 11 is 0. The maximum absolute atomic E-state index is 13.4. The van der Waals surface area contributed by atoms with Gasteiger partial charge in [0.05, 0.1) is 6.10 Å². The van der Waals surface area contributed by atoms with Gasteiger partial charge in [-0.25, -0.2) is 4.39 Å². The molecule has 25 heavy (non-hydrogen) atoms. The maximum atomic E-state index is 13.4. The van der Waals surface area contributed by atoms with E-state index < -0.39 is 0 Å². The molecule has 0 radical (unpaired) electrons. The number of hydrogen-bond donors (Lipinski definition) is 1. The summed E-state index contributed by atoms with van der Waals surface area (Å²) in [7, 11) is 0. The largest absolute Gasteiger partial charge is 0.377 e. The highest BCUT2D eigenvalue weighted by atomic mass is 19.1. The van der Waals surface area contributed by atoms with Crippen LogP contribution in [0.4, 0.5) is 4.39 Å². The van der Waals surface area contributed by atoms with Crippen LogP contribution in [0.15, 0.2) is 33.6 Å². The van der Waals surface area contributed by atoms with Gasteiger partial charge in [0, 0.05) is 23.9 Å². The molecule has 3 aromatic rings. The molecule has 0 aliphatic carbocycles. The van der Waals surface area contributed by atoms with Crippen molar-refractivity contribution in [3.8, 4) is 11.5 Å². The molecule has 130 valence electrons. The van der Waals surface area contributed by atoms with Crippen molar-refractivity contribution in [2.75, 3.05) is 6.61 Å². The Morgan fingerprint density at radius 2 is 2.20 bits per heavy atom. The van der Waals surface area contributed by atoms with E-state index in [0.717, 1.165) is 13.0 Å². The normalized spacial score (nSPS) is 19.6. The fourth-order valence-electron chi connectivity index (χ4n) is 3.13. The first-order valence-electron chi connectivity index (χ1n) is 8.19. The Morgan fingerprint density at radius 3 is 2.96 bits per heavy atom. The summed E-state index contributed by atoms with van der Waals surface area (Å²) < 4.78 is 24.4. The van der Waals surface area contributed by atoms with Gasteiger partial charge in [-0.05, 0) is 36.1 Å². The van der Waals surface area contributed by atoms with Crippen LogP contribution in [0.2, 0.25) is 0 Å². The zero-order valence-electron chi connectivity index (χ0n) is 14.0. The molecular weight excluding hydrogens is 325 g/mol. The molecule has 0 spiro atoms. The van der Waals surface area contributed by atoms with Crippen LogP contribution in [0, 0.1) is 11.2 Å². The predicted molar refractivity (Wildman–Crippen MR) is 89.7 cm³/mol. The van der Waals surface area contributed by atoms with E-state index in [4.69, 9.17) is 9.26 Å². The highest BCUT2D eigenvalue weighted by molar-refractivity contribution is 5.82. The van der Waals surface area contributed by atoms with Gasteiger partial charge in [0.25, 0.3) is 11.4 Å².